The van der Waals surface area contributed by atoms with E-state index in [-0.39, 0.29) is 5.91 Å². The van der Waals surface area contributed by atoms with Gasteiger partial charge in [0.15, 0.2) is 0 Å². The van der Waals surface area contributed by atoms with Crippen molar-refractivity contribution in [3.63, 3.8) is 0 Å². The zero-order valence-corrected chi connectivity index (χ0v) is 13.9. The average molecular weight is 311 g/mol. The van der Waals surface area contributed by atoms with Crippen LogP contribution in [0.2, 0.25) is 0 Å². The molecule has 4 heteroatoms. The highest BCUT2D eigenvalue weighted by atomic mass is 16.2. The third-order valence-corrected chi connectivity index (χ3v) is 4.86. The summed E-state index contributed by atoms with van der Waals surface area (Å²) in [5, 5.41) is 8.98. The second-order valence-corrected chi connectivity index (χ2v) is 6.95. The summed E-state index contributed by atoms with van der Waals surface area (Å²) in [6.07, 6.45) is 7.23. The molecule has 2 fully saturated rings. The van der Waals surface area contributed by atoms with Crippen molar-refractivity contribution < 1.29 is 4.79 Å². The molecule has 2 saturated carbocycles. The van der Waals surface area contributed by atoms with Crippen LogP contribution in [0, 0.1) is 11.3 Å². The fourth-order valence-corrected chi connectivity index (χ4v) is 3.66. The van der Waals surface area contributed by atoms with Crippen molar-refractivity contribution in [2.75, 3.05) is 13.6 Å². The van der Waals surface area contributed by atoms with Gasteiger partial charge < -0.3 is 4.90 Å². The van der Waals surface area contributed by atoms with Crippen LogP contribution in [-0.4, -0.2) is 41.4 Å². The summed E-state index contributed by atoms with van der Waals surface area (Å²) in [4.78, 5) is 17.0. The summed E-state index contributed by atoms with van der Waals surface area (Å²) in [5.74, 6) is 0.276. The summed E-state index contributed by atoms with van der Waals surface area (Å²) >= 11 is 0. The lowest BCUT2D eigenvalue weighted by atomic mass is 10.1. The Kier molecular flexibility index (Phi) is 4.97. The smallest absolute Gasteiger partial charge is 0.237 e. The van der Waals surface area contributed by atoms with Crippen molar-refractivity contribution in [2.24, 2.45) is 0 Å². The lowest BCUT2D eigenvalue weighted by Gasteiger charge is -2.31. The highest BCUT2D eigenvalue weighted by Crippen LogP contribution is 2.34. The van der Waals surface area contributed by atoms with Gasteiger partial charge in [-0.05, 0) is 50.4 Å². The second-order valence-electron chi connectivity index (χ2n) is 6.95. The minimum absolute atomic E-state index is 0.276. The van der Waals surface area contributed by atoms with Crippen molar-refractivity contribution in [2.45, 2.75) is 57.2 Å². The van der Waals surface area contributed by atoms with Crippen molar-refractivity contribution in [1.82, 2.24) is 9.80 Å². The minimum atomic E-state index is 0.276. The molecule has 0 N–H and O–H groups in total. The minimum Gasteiger partial charge on any atom is -0.336 e. The molecule has 23 heavy (non-hydrogen) atoms. The van der Waals surface area contributed by atoms with Gasteiger partial charge in [-0.2, -0.15) is 5.26 Å². The molecule has 0 radical (unpaired) electrons. The van der Waals surface area contributed by atoms with E-state index in [2.05, 4.69) is 15.9 Å². The van der Waals surface area contributed by atoms with Gasteiger partial charge in [0.05, 0.1) is 18.2 Å². The second kappa shape index (κ2) is 7.14. The topological polar surface area (TPSA) is 47.3 Å². The largest absolute Gasteiger partial charge is 0.336 e. The van der Waals surface area contributed by atoms with Gasteiger partial charge in [-0.25, -0.2) is 0 Å². The molecule has 0 aromatic heterocycles. The van der Waals surface area contributed by atoms with Crippen LogP contribution in [0.15, 0.2) is 24.3 Å². The first-order valence-corrected chi connectivity index (χ1v) is 8.66. The van der Waals surface area contributed by atoms with E-state index in [1.54, 1.807) is 0 Å². The molecule has 1 aromatic rings. The third kappa shape index (κ3) is 4.11. The summed E-state index contributed by atoms with van der Waals surface area (Å²) in [5.41, 5.74) is 1.76. The lowest BCUT2D eigenvalue weighted by molar-refractivity contribution is -0.135. The molecule has 4 nitrogen and oxygen atoms in total. The Bertz CT molecular complexity index is 597. The van der Waals surface area contributed by atoms with Crippen LogP contribution in [0.3, 0.4) is 0 Å². The Labute approximate surface area is 138 Å². The number of hydrogen-bond donors (Lipinski definition) is 0. The number of amides is 1. The number of carbonyl (C=O) groups is 1. The third-order valence-electron chi connectivity index (χ3n) is 4.86. The standard InChI is InChI=1S/C19H25N3O/c1-21(13-16-6-4-5-15(11-16)12-20)14-19(23)22(18-9-10-18)17-7-2-3-8-17/h4-6,11,17-18H,2-3,7-10,13-14H2,1H3. The maximum absolute atomic E-state index is 12.8. The molecular weight excluding hydrogens is 286 g/mol. The number of rotatable bonds is 6. The van der Waals surface area contributed by atoms with Crippen LogP contribution in [0.4, 0.5) is 0 Å². The van der Waals surface area contributed by atoms with E-state index in [1.807, 2.05) is 31.3 Å². The lowest BCUT2D eigenvalue weighted by Crippen LogP contribution is -2.45. The molecule has 0 heterocycles. The fraction of sp³-hybridized carbons (Fsp3) is 0.579. The quantitative estimate of drug-likeness (QED) is 0.811. The highest BCUT2D eigenvalue weighted by molar-refractivity contribution is 5.79. The van der Waals surface area contributed by atoms with E-state index in [9.17, 15) is 4.79 Å². The van der Waals surface area contributed by atoms with Gasteiger partial charge in [-0.3, -0.25) is 9.69 Å². The monoisotopic (exact) mass is 311 g/mol. The van der Waals surface area contributed by atoms with Crippen molar-refractivity contribution >= 4 is 5.91 Å². The molecule has 0 unspecified atom stereocenters. The van der Waals surface area contributed by atoms with Crippen LogP contribution in [-0.2, 0) is 11.3 Å². The van der Waals surface area contributed by atoms with E-state index in [0.29, 0.717) is 30.7 Å². The maximum atomic E-state index is 12.8. The maximum Gasteiger partial charge on any atom is 0.237 e. The van der Waals surface area contributed by atoms with Crippen molar-refractivity contribution in [3.8, 4) is 6.07 Å². The molecule has 0 bridgehead atoms. The molecule has 0 spiro atoms. The number of carbonyl (C=O) groups excluding carboxylic acids is 1. The van der Waals surface area contributed by atoms with E-state index >= 15 is 0 Å². The first-order chi connectivity index (χ1) is 11.2. The predicted octanol–water partition coefficient (Wildman–Crippen LogP) is 2.92. The normalized spacial score (nSPS) is 18.1. The summed E-state index contributed by atoms with van der Waals surface area (Å²) in [6, 6.07) is 10.8. The molecule has 2 aliphatic carbocycles. The molecule has 0 saturated heterocycles. The van der Waals surface area contributed by atoms with Gasteiger partial charge in [0.2, 0.25) is 5.91 Å². The number of hydrogen-bond acceptors (Lipinski definition) is 3. The molecule has 3 rings (SSSR count). The molecule has 1 amide bonds. The van der Waals surface area contributed by atoms with E-state index in [0.717, 1.165) is 5.56 Å². The molecule has 1 aromatic carbocycles. The highest BCUT2D eigenvalue weighted by Gasteiger charge is 2.38. The summed E-state index contributed by atoms with van der Waals surface area (Å²) in [7, 11) is 1.98. The fourth-order valence-electron chi connectivity index (χ4n) is 3.66. The molecule has 122 valence electrons. The van der Waals surface area contributed by atoms with Crippen molar-refractivity contribution in [3.05, 3.63) is 35.4 Å². The summed E-state index contributed by atoms with van der Waals surface area (Å²) < 4.78 is 0. The molecule has 2 aliphatic rings. The van der Waals surface area contributed by atoms with Gasteiger partial charge in [0, 0.05) is 18.6 Å². The van der Waals surface area contributed by atoms with E-state index in [4.69, 9.17) is 5.26 Å². The first kappa shape index (κ1) is 16.0. The number of nitriles is 1. The average Bonchev–Trinajstić information content (AvgIpc) is 3.21. The Morgan fingerprint density at radius 3 is 2.57 bits per heavy atom. The molecule has 0 atom stereocenters. The van der Waals surface area contributed by atoms with Crippen LogP contribution in [0.25, 0.3) is 0 Å². The Balaban J connectivity index is 1.58. The van der Waals surface area contributed by atoms with Crippen LogP contribution in [0.1, 0.15) is 49.7 Å². The van der Waals surface area contributed by atoms with E-state index in [1.165, 1.54) is 38.5 Å². The number of likely N-dealkylation sites (N-methyl/N-ethyl adjacent to an activating group) is 1. The predicted molar refractivity (Wildman–Crippen MR) is 89.6 cm³/mol. The van der Waals surface area contributed by atoms with Crippen LogP contribution in [0.5, 0.6) is 0 Å². The van der Waals surface area contributed by atoms with Gasteiger partial charge >= 0.3 is 0 Å². The number of benzene rings is 1. The molecule has 0 aliphatic heterocycles. The van der Waals surface area contributed by atoms with Crippen LogP contribution < -0.4 is 0 Å². The van der Waals surface area contributed by atoms with E-state index < -0.39 is 0 Å². The Morgan fingerprint density at radius 2 is 1.91 bits per heavy atom. The SMILES string of the molecule is CN(CC(=O)N(C1CCCC1)C1CC1)Cc1cccc(C#N)c1. The summed E-state index contributed by atoms with van der Waals surface area (Å²) in [6.45, 7) is 1.16. The van der Waals surface area contributed by atoms with Gasteiger partial charge in [-0.15, -0.1) is 0 Å². The molecular formula is C19H25N3O. The number of nitrogens with zero attached hydrogens (tertiary/aromatic N) is 3. The zero-order chi connectivity index (χ0) is 16.2. The Morgan fingerprint density at radius 1 is 1.22 bits per heavy atom. The van der Waals surface area contributed by atoms with Crippen molar-refractivity contribution in [1.29, 1.82) is 5.26 Å². The van der Waals surface area contributed by atoms with Gasteiger partial charge in [0.1, 0.15) is 0 Å². The van der Waals surface area contributed by atoms with Gasteiger partial charge in [-0.1, -0.05) is 25.0 Å². The van der Waals surface area contributed by atoms with Crippen LogP contribution >= 0.6 is 0 Å². The van der Waals surface area contributed by atoms with Gasteiger partial charge in [0.25, 0.3) is 0 Å². The first-order valence-electron chi connectivity index (χ1n) is 8.66. The Hall–Kier alpha value is -1.86. The zero-order valence-electron chi connectivity index (χ0n) is 13.9.